The van der Waals surface area contributed by atoms with Crippen LogP contribution in [0.15, 0.2) is 29.2 Å². The Bertz CT molecular complexity index is 743. The van der Waals surface area contributed by atoms with Crippen molar-refractivity contribution in [2.45, 2.75) is 6.92 Å². The van der Waals surface area contributed by atoms with Crippen LogP contribution in [0, 0.1) is 9.39 Å². The third-order valence-electron chi connectivity index (χ3n) is 2.59. The molecule has 0 aliphatic carbocycles. The first-order valence-electron chi connectivity index (χ1n) is 5.58. The zero-order valence-corrected chi connectivity index (χ0v) is 12.8. The zero-order valence-electron chi connectivity index (χ0n) is 10.7. The summed E-state index contributed by atoms with van der Waals surface area (Å²) >= 11 is 2.03. The minimum absolute atomic E-state index is 0.0662. The van der Waals surface area contributed by atoms with Crippen molar-refractivity contribution >= 4 is 28.4 Å². The van der Waals surface area contributed by atoms with E-state index in [1.807, 2.05) is 22.6 Å². The van der Waals surface area contributed by atoms with Crippen LogP contribution in [0.5, 0.6) is 5.75 Å². The summed E-state index contributed by atoms with van der Waals surface area (Å²) in [5.41, 5.74) is -0.761. The molecule has 0 aliphatic rings. The summed E-state index contributed by atoms with van der Waals surface area (Å²) in [6, 6.07) is 4.44. The van der Waals surface area contributed by atoms with Crippen molar-refractivity contribution < 1.29 is 13.9 Å². The van der Waals surface area contributed by atoms with Gasteiger partial charge in [-0.2, -0.15) is 5.10 Å². The summed E-state index contributed by atoms with van der Waals surface area (Å²) in [7, 11) is 1.30. The van der Waals surface area contributed by atoms with Crippen molar-refractivity contribution in [3.63, 3.8) is 0 Å². The fourth-order valence-corrected chi connectivity index (χ4v) is 2.10. The van der Waals surface area contributed by atoms with Crippen LogP contribution in [0.1, 0.15) is 17.4 Å². The first kappa shape index (κ1) is 14.6. The van der Waals surface area contributed by atoms with E-state index in [4.69, 9.17) is 4.74 Å². The van der Waals surface area contributed by atoms with Gasteiger partial charge in [0.2, 0.25) is 0 Å². The molecule has 0 fully saturated rings. The quantitative estimate of drug-likeness (QED) is 0.598. The van der Waals surface area contributed by atoms with E-state index in [0.717, 1.165) is 8.25 Å². The predicted octanol–water partition coefficient (Wildman–Crippen LogP) is 2.19. The summed E-state index contributed by atoms with van der Waals surface area (Å²) in [5.74, 6) is -1.09. The van der Waals surface area contributed by atoms with E-state index in [1.165, 1.54) is 26.3 Å². The molecule has 0 aliphatic heterocycles. The molecule has 0 bridgehead atoms. The standard InChI is InChI=1S/C13H10FIN2O3/c1-7(18)12-13(19)11(20-2)6-17(16-12)10-5-8(15)3-4-9(10)14/h3-6H,1-2H3. The monoisotopic (exact) mass is 388 g/mol. The number of methoxy groups -OCH3 is 1. The van der Waals surface area contributed by atoms with Crippen LogP contribution >= 0.6 is 22.6 Å². The van der Waals surface area contributed by atoms with Crippen molar-refractivity contribution in [1.82, 2.24) is 9.78 Å². The Morgan fingerprint density at radius 1 is 1.45 bits per heavy atom. The molecule has 104 valence electrons. The van der Waals surface area contributed by atoms with Crippen molar-refractivity contribution in [3.05, 3.63) is 49.7 Å². The predicted molar refractivity (Wildman–Crippen MR) is 79.1 cm³/mol. The number of ether oxygens (including phenoxy) is 1. The Balaban J connectivity index is 2.75. The van der Waals surface area contributed by atoms with Crippen molar-refractivity contribution in [2.75, 3.05) is 7.11 Å². The lowest BCUT2D eigenvalue weighted by molar-refractivity contribution is 0.100. The van der Waals surface area contributed by atoms with Gasteiger partial charge in [-0.15, -0.1) is 0 Å². The van der Waals surface area contributed by atoms with Gasteiger partial charge in [0.15, 0.2) is 17.2 Å². The van der Waals surface area contributed by atoms with Gasteiger partial charge in [-0.1, -0.05) is 0 Å². The number of carbonyl (C=O) groups excluding carboxylic acids is 1. The highest BCUT2D eigenvalue weighted by molar-refractivity contribution is 14.1. The van der Waals surface area contributed by atoms with Gasteiger partial charge < -0.3 is 4.74 Å². The number of ketones is 1. The molecular weight excluding hydrogens is 378 g/mol. The second kappa shape index (κ2) is 5.70. The molecular formula is C13H10FIN2O3. The third kappa shape index (κ3) is 2.72. The normalized spacial score (nSPS) is 10.4. The Hall–Kier alpha value is -1.77. The summed E-state index contributed by atoms with van der Waals surface area (Å²) in [6.45, 7) is 1.22. The number of benzene rings is 1. The largest absolute Gasteiger partial charge is 0.491 e. The van der Waals surface area contributed by atoms with Gasteiger partial charge in [-0.3, -0.25) is 9.59 Å². The third-order valence-corrected chi connectivity index (χ3v) is 3.27. The summed E-state index contributed by atoms with van der Waals surface area (Å²) in [6.07, 6.45) is 1.25. The Labute approximate surface area is 127 Å². The lowest BCUT2D eigenvalue weighted by Crippen LogP contribution is -2.22. The van der Waals surface area contributed by atoms with E-state index >= 15 is 0 Å². The molecule has 0 radical (unpaired) electrons. The summed E-state index contributed by atoms with van der Waals surface area (Å²) < 4.78 is 20.7. The first-order valence-corrected chi connectivity index (χ1v) is 6.66. The van der Waals surface area contributed by atoms with E-state index in [9.17, 15) is 14.0 Å². The van der Waals surface area contributed by atoms with Crippen molar-refractivity contribution in [3.8, 4) is 11.4 Å². The molecule has 1 heterocycles. The fourth-order valence-electron chi connectivity index (χ4n) is 1.63. The number of hydrogen-bond donors (Lipinski definition) is 0. The minimum Gasteiger partial charge on any atom is -0.491 e. The van der Waals surface area contributed by atoms with Gasteiger partial charge in [0, 0.05) is 10.5 Å². The molecule has 2 aromatic rings. The molecule has 1 aromatic carbocycles. The zero-order chi connectivity index (χ0) is 14.9. The van der Waals surface area contributed by atoms with Crippen LogP contribution in [0.2, 0.25) is 0 Å². The van der Waals surface area contributed by atoms with E-state index in [-0.39, 0.29) is 17.1 Å². The maximum atomic E-state index is 13.9. The molecule has 5 nitrogen and oxygen atoms in total. The van der Waals surface area contributed by atoms with Crippen LogP contribution in [0.3, 0.4) is 0 Å². The Kier molecular flexibility index (Phi) is 4.17. The molecule has 0 saturated carbocycles. The Morgan fingerprint density at radius 3 is 2.75 bits per heavy atom. The molecule has 1 aromatic heterocycles. The molecule has 0 saturated heterocycles. The molecule has 2 rings (SSSR count). The number of carbonyl (C=O) groups is 1. The van der Waals surface area contributed by atoms with Crippen LogP contribution < -0.4 is 10.2 Å². The molecule has 7 heteroatoms. The lowest BCUT2D eigenvalue weighted by atomic mass is 10.2. The highest BCUT2D eigenvalue weighted by atomic mass is 127. The highest BCUT2D eigenvalue weighted by Gasteiger charge is 2.16. The van der Waals surface area contributed by atoms with Crippen LogP contribution in [-0.2, 0) is 0 Å². The number of halogens is 2. The van der Waals surface area contributed by atoms with Crippen LogP contribution in [0.25, 0.3) is 5.69 Å². The molecule has 20 heavy (non-hydrogen) atoms. The second-order valence-corrected chi connectivity index (χ2v) is 5.22. The summed E-state index contributed by atoms with van der Waals surface area (Å²) in [4.78, 5) is 23.3. The average Bonchev–Trinajstić information content (AvgIpc) is 2.41. The van der Waals surface area contributed by atoms with E-state index in [1.54, 1.807) is 12.1 Å². The first-order chi connectivity index (χ1) is 9.43. The SMILES string of the molecule is COc1cn(-c2cc(I)ccc2F)nc(C(C)=O)c1=O. The van der Waals surface area contributed by atoms with E-state index < -0.39 is 17.0 Å². The molecule has 0 atom stereocenters. The molecule has 0 unspecified atom stereocenters. The van der Waals surface area contributed by atoms with Gasteiger partial charge in [-0.25, -0.2) is 9.07 Å². The topological polar surface area (TPSA) is 61.2 Å². The Morgan fingerprint density at radius 2 is 2.15 bits per heavy atom. The second-order valence-electron chi connectivity index (χ2n) is 3.97. The van der Waals surface area contributed by atoms with E-state index in [2.05, 4.69) is 5.10 Å². The van der Waals surface area contributed by atoms with Gasteiger partial charge in [0.05, 0.1) is 13.3 Å². The fraction of sp³-hybridized carbons (Fsp3) is 0.154. The number of hydrogen-bond acceptors (Lipinski definition) is 4. The number of nitrogens with zero attached hydrogens (tertiary/aromatic N) is 2. The van der Waals surface area contributed by atoms with Gasteiger partial charge in [0.25, 0.3) is 5.43 Å². The minimum atomic E-state index is -0.609. The van der Waals surface area contributed by atoms with Crippen LogP contribution in [0.4, 0.5) is 4.39 Å². The number of Topliss-reactive ketones (excluding diaryl/α,β-unsaturated/α-hetero) is 1. The number of rotatable bonds is 3. The number of aromatic nitrogens is 2. The van der Waals surface area contributed by atoms with Gasteiger partial charge in [0.1, 0.15) is 11.5 Å². The average molecular weight is 388 g/mol. The molecule has 0 N–H and O–H groups in total. The van der Waals surface area contributed by atoms with Crippen molar-refractivity contribution in [1.29, 1.82) is 0 Å². The van der Waals surface area contributed by atoms with Gasteiger partial charge in [-0.05, 0) is 40.8 Å². The van der Waals surface area contributed by atoms with Crippen LogP contribution in [-0.4, -0.2) is 22.7 Å². The van der Waals surface area contributed by atoms with E-state index in [0.29, 0.717) is 0 Å². The molecule has 0 spiro atoms. The summed E-state index contributed by atoms with van der Waals surface area (Å²) in [5, 5.41) is 3.88. The smallest absolute Gasteiger partial charge is 0.252 e. The highest BCUT2D eigenvalue weighted by Crippen LogP contribution is 2.17. The lowest BCUT2D eigenvalue weighted by Gasteiger charge is -2.10. The van der Waals surface area contributed by atoms with Crippen molar-refractivity contribution in [2.24, 2.45) is 0 Å². The molecule has 0 amide bonds. The maximum absolute atomic E-state index is 13.9. The maximum Gasteiger partial charge on any atom is 0.252 e. The van der Waals surface area contributed by atoms with Gasteiger partial charge >= 0.3 is 0 Å².